The minimum absolute atomic E-state index is 0.225. The normalized spacial score (nSPS) is 10.8. The first kappa shape index (κ1) is 16.4. The third kappa shape index (κ3) is 4.78. The number of nitrogens with one attached hydrogen (secondary N) is 2. The number of hydrogen-bond acceptors (Lipinski definition) is 5. The lowest BCUT2D eigenvalue weighted by atomic mass is 10.2. The van der Waals surface area contributed by atoms with Gasteiger partial charge in [-0.2, -0.15) is 5.10 Å². The number of nitrogens with zero attached hydrogens (tertiary/aromatic N) is 2. The van der Waals surface area contributed by atoms with E-state index in [1.165, 1.54) is 6.07 Å². The summed E-state index contributed by atoms with van der Waals surface area (Å²) in [5.41, 5.74) is 5.03. The summed E-state index contributed by atoms with van der Waals surface area (Å²) in [6.45, 7) is 2.22. The average molecular weight is 334 g/mol. The van der Waals surface area contributed by atoms with Crippen LogP contribution in [0.1, 0.15) is 16.8 Å². The molecule has 3 rings (SSSR count). The zero-order valence-electron chi connectivity index (χ0n) is 13.8. The zero-order chi connectivity index (χ0) is 17.5. The number of aryl methyl sites for hydroxylation is 1. The van der Waals surface area contributed by atoms with Gasteiger partial charge in [0.05, 0.1) is 6.21 Å². The van der Waals surface area contributed by atoms with E-state index in [0.29, 0.717) is 18.2 Å². The number of aromatic amines is 1. The molecule has 6 nitrogen and oxygen atoms in total. The second-order valence-electron chi connectivity index (χ2n) is 5.42. The molecule has 0 unspecified atom stereocenters. The van der Waals surface area contributed by atoms with Crippen molar-refractivity contribution in [3.05, 3.63) is 87.8 Å². The van der Waals surface area contributed by atoms with Gasteiger partial charge in [-0.25, -0.2) is 10.4 Å². The molecular weight excluding hydrogens is 316 g/mol. The van der Waals surface area contributed by atoms with Crippen molar-refractivity contribution in [2.45, 2.75) is 13.5 Å². The molecule has 0 aliphatic rings. The zero-order valence-corrected chi connectivity index (χ0v) is 13.8. The summed E-state index contributed by atoms with van der Waals surface area (Å²) in [4.78, 5) is 18.1. The molecule has 6 heteroatoms. The van der Waals surface area contributed by atoms with Gasteiger partial charge in [0.2, 0.25) is 5.95 Å². The third-order valence-corrected chi connectivity index (χ3v) is 3.40. The number of rotatable bonds is 6. The van der Waals surface area contributed by atoms with E-state index < -0.39 is 0 Å². The van der Waals surface area contributed by atoms with Gasteiger partial charge in [0.15, 0.2) is 0 Å². The Hall–Kier alpha value is -3.41. The number of hydrazone groups is 1. The highest BCUT2D eigenvalue weighted by Gasteiger charge is 2.01. The molecule has 1 aromatic heterocycles. The predicted molar refractivity (Wildman–Crippen MR) is 98.0 cm³/mol. The Kier molecular flexibility index (Phi) is 5.21. The van der Waals surface area contributed by atoms with Gasteiger partial charge >= 0.3 is 0 Å². The van der Waals surface area contributed by atoms with E-state index in [1.54, 1.807) is 13.1 Å². The van der Waals surface area contributed by atoms with Crippen LogP contribution in [0.25, 0.3) is 0 Å². The SMILES string of the molecule is Cc1cc(=O)[nH]c(N/N=C\c2ccccc2OCc2ccccc2)n1. The molecule has 0 saturated carbocycles. The van der Waals surface area contributed by atoms with Crippen LogP contribution >= 0.6 is 0 Å². The summed E-state index contributed by atoms with van der Waals surface area (Å²) in [5.74, 6) is 1.02. The van der Waals surface area contributed by atoms with Crippen LogP contribution in [0.4, 0.5) is 5.95 Å². The highest BCUT2D eigenvalue weighted by molar-refractivity contribution is 5.83. The van der Waals surface area contributed by atoms with Gasteiger partial charge in [0, 0.05) is 17.3 Å². The molecule has 2 N–H and O–H groups in total. The molecule has 0 aliphatic heterocycles. The van der Waals surface area contributed by atoms with Crippen LogP contribution in [0.15, 0.2) is 70.6 Å². The van der Waals surface area contributed by atoms with Gasteiger partial charge in [-0.05, 0) is 24.6 Å². The predicted octanol–water partition coefficient (Wildman–Crippen LogP) is 3.10. The van der Waals surface area contributed by atoms with Crippen molar-refractivity contribution in [1.29, 1.82) is 0 Å². The highest BCUT2D eigenvalue weighted by atomic mass is 16.5. The van der Waals surface area contributed by atoms with Crippen molar-refractivity contribution < 1.29 is 4.74 Å². The number of H-pyrrole nitrogens is 1. The van der Waals surface area contributed by atoms with E-state index in [-0.39, 0.29) is 5.56 Å². The molecule has 25 heavy (non-hydrogen) atoms. The maximum Gasteiger partial charge on any atom is 0.252 e. The van der Waals surface area contributed by atoms with Gasteiger partial charge in [0.1, 0.15) is 12.4 Å². The number of anilines is 1. The molecule has 0 amide bonds. The monoisotopic (exact) mass is 334 g/mol. The molecule has 0 aliphatic carbocycles. The van der Waals surface area contributed by atoms with Gasteiger partial charge < -0.3 is 4.74 Å². The van der Waals surface area contributed by atoms with Crippen molar-refractivity contribution in [2.24, 2.45) is 5.10 Å². The molecule has 1 heterocycles. The molecule has 2 aromatic carbocycles. The fraction of sp³-hybridized carbons (Fsp3) is 0.105. The Labute approximate surface area is 145 Å². The standard InChI is InChI=1S/C19H18N4O2/c1-14-11-18(24)22-19(21-14)23-20-12-16-9-5-6-10-17(16)25-13-15-7-3-2-4-8-15/h2-12H,13H2,1H3,(H2,21,22,23,24)/b20-12-. The minimum atomic E-state index is -0.225. The van der Waals surface area contributed by atoms with Crippen LogP contribution in [0.3, 0.4) is 0 Å². The fourth-order valence-corrected chi connectivity index (χ4v) is 2.25. The first-order chi connectivity index (χ1) is 12.2. The molecule has 3 aromatic rings. The van der Waals surface area contributed by atoms with E-state index >= 15 is 0 Å². The summed E-state index contributed by atoms with van der Waals surface area (Å²) in [7, 11) is 0. The van der Waals surface area contributed by atoms with E-state index in [0.717, 1.165) is 16.9 Å². The van der Waals surface area contributed by atoms with Gasteiger partial charge in [0.25, 0.3) is 5.56 Å². The second-order valence-corrected chi connectivity index (χ2v) is 5.42. The summed E-state index contributed by atoms with van der Waals surface area (Å²) < 4.78 is 5.87. The second kappa shape index (κ2) is 7.92. The summed E-state index contributed by atoms with van der Waals surface area (Å²) in [5, 5.41) is 4.12. The number of ether oxygens (including phenoxy) is 1. The maximum atomic E-state index is 11.4. The lowest BCUT2D eigenvalue weighted by Gasteiger charge is -2.09. The van der Waals surface area contributed by atoms with Crippen molar-refractivity contribution in [3.8, 4) is 5.75 Å². The number of benzene rings is 2. The van der Waals surface area contributed by atoms with E-state index in [9.17, 15) is 4.79 Å². The fourth-order valence-electron chi connectivity index (χ4n) is 2.25. The van der Waals surface area contributed by atoms with Crippen LogP contribution in [-0.2, 0) is 6.61 Å². The first-order valence-corrected chi connectivity index (χ1v) is 7.83. The Bertz CT molecular complexity index is 920. The average Bonchev–Trinajstić information content (AvgIpc) is 2.61. The first-order valence-electron chi connectivity index (χ1n) is 7.83. The molecule has 0 atom stereocenters. The number of para-hydroxylation sites is 1. The van der Waals surface area contributed by atoms with E-state index in [4.69, 9.17) is 4.74 Å². The maximum absolute atomic E-state index is 11.4. The topological polar surface area (TPSA) is 79.4 Å². The van der Waals surface area contributed by atoms with Gasteiger partial charge in [-0.1, -0.05) is 42.5 Å². The number of aromatic nitrogens is 2. The van der Waals surface area contributed by atoms with Gasteiger partial charge in [-0.3, -0.25) is 9.78 Å². The third-order valence-electron chi connectivity index (χ3n) is 3.40. The molecule has 0 fully saturated rings. The van der Waals surface area contributed by atoms with Crippen molar-refractivity contribution in [2.75, 3.05) is 5.43 Å². The van der Waals surface area contributed by atoms with Crippen LogP contribution in [-0.4, -0.2) is 16.2 Å². The Balaban J connectivity index is 1.69. The molecule has 0 saturated heterocycles. The molecule has 0 radical (unpaired) electrons. The van der Waals surface area contributed by atoms with Crippen LogP contribution in [0.2, 0.25) is 0 Å². The summed E-state index contributed by atoms with van der Waals surface area (Å²) in [6.07, 6.45) is 1.63. The Morgan fingerprint density at radius 2 is 1.92 bits per heavy atom. The van der Waals surface area contributed by atoms with Gasteiger partial charge in [-0.15, -0.1) is 0 Å². The lowest BCUT2D eigenvalue weighted by Crippen LogP contribution is -2.10. The van der Waals surface area contributed by atoms with Crippen LogP contribution in [0, 0.1) is 6.92 Å². The number of hydrogen-bond donors (Lipinski definition) is 2. The van der Waals surface area contributed by atoms with Crippen LogP contribution in [0.5, 0.6) is 5.75 Å². The smallest absolute Gasteiger partial charge is 0.252 e. The van der Waals surface area contributed by atoms with Crippen molar-refractivity contribution in [1.82, 2.24) is 9.97 Å². The Morgan fingerprint density at radius 1 is 1.16 bits per heavy atom. The lowest BCUT2D eigenvalue weighted by molar-refractivity contribution is 0.306. The summed E-state index contributed by atoms with van der Waals surface area (Å²) >= 11 is 0. The summed E-state index contributed by atoms with van der Waals surface area (Å²) in [6, 6.07) is 19.0. The minimum Gasteiger partial charge on any atom is -0.488 e. The molecule has 126 valence electrons. The largest absolute Gasteiger partial charge is 0.488 e. The quantitative estimate of drug-likeness (QED) is 0.536. The molecular formula is C19H18N4O2. The highest BCUT2D eigenvalue weighted by Crippen LogP contribution is 2.17. The molecule has 0 bridgehead atoms. The molecule has 0 spiro atoms. The van der Waals surface area contributed by atoms with E-state index in [1.807, 2.05) is 54.6 Å². The Morgan fingerprint density at radius 3 is 2.72 bits per heavy atom. The van der Waals surface area contributed by atoms with Crippen molar-refractivity contribution in [3.63, 3.8) is 0 Å². The van der Waals surface area contributed by atoms with Crippen LogP contribution < -0.4 is 15.7 Å². The van der Waals surface area contributed by atoms with Crippen molar-refractivity contribution >= 4 is 12.2 Å². The van der Waals surface area contributed by atoms with E-state index in [2.05, 4.69) is 20.5 Å².